The molecule has 2 heterocycles. The summed E-state index contributed by atoms with van der Waals surface area (Å²) >= 11 is -0.192. The Kier molecular flexibility index (Phi) is 9.38. The van der Waals surface area contributed by atoms with Crippen LogP contribution >= 0.6 is 0 Å². The van der Waals surface area contributed by atoms with E-state index in [-0.39, 0.29) is 26.7 Å². The van der Waals surface area contributed by atoms with E-state index in [1.807, 2.05) is 43.3 Å². The van der Waals surface area contributed by atoms with Crippen LogP contribution in [0.2, 0.25) is 0 Å². The fourth-order valence-corrected chi connectivity index (χ4v) is 7.00. The molecule has 0 fully saturated rings. The van der Waals surface area contributed by atoms with Gasteiger partial charge in [0.2, 0.25) is 0 Å². The van der Waals surface area contributed by atoms with Gasteiger partial charge in [-0.1, -0.05) is 0 Å². The fourth-order valence-electron chi connectivity index (χ4n) is 4.85. The van der Waals surface area contributed by atoms with Crippen LogP contribution in [0.3, 0.4) is 0 Å². The van der Waals surface area contributed by atoms with Crippen molar-refractivity contribution in [2.24, 2.45) is 5.92 Å². The Morgan fingerprint density at radius 2 is 1.68 bits per heavy atom. The number of carbonyl (C=O) groups excluding carboxylic acids is 2. The number of methoxy groups -OCH3 is 2. The molecule has 2 aromatic heterocycles. The Labute approximate surface area is 239 Å². The number of esters is 1. The van der Waals surface area contributed by atoms with E-state index in [4.69, 9.17) is 18.6 Å². The zero-order valence-electron chi connectivity index (χ0n) is 23.7. The number of fused-ring (bicyclic) bond motifs is 2. The summed E-state index contributed by atoms with van der Waals surface area (Å²) in [5.41, 5.74) is 1.47. The van der Waals surface area contributed by atoms with E-state index in [9.17, 15) is 14.4 Å². The van der Waals surface area contributed by atoms with Gasteiger partial charge in [0.15, 0.2) is 0 Å². The van der Waals surface area contributed by atoms with Crippen LogP contribution in [0, 0.1) is 5.92 Å². The van der Waals surface area contributed by atoms with Gasteiger partial charge in [0.25, 0.3) is 0 Å². The fraction of sp³-hybridized carbons (Fsp3) is 0.387. The molecule has 1 unspecified atom stereocenters. The molecule has 2 atom stereocenters. The van der Waals surface area contributed by atoms with Gasteiger partial charge in [0.1, 0.15) is 0 Å². The van der Waals surface area contributed by atoms with Crippen LogP contribution in [0.25, 0.3) is 20.6 Å². The number of anilines is 1. The van der Waals surface area contributed by atoms with Crippen LogP contribution in [0.5, 0.6) is 11.5 Å². The number of hydrogen-bond acceptors (Lipinski definition) is 8. The van der Waals surface area contributed by atoms with Crippen molar-refractivity contribution in [3.8, 4) is 11.5 Å². The van der Waals surface area contributed by atoms with E-state index < -0.39 is 23.6 Å². The summed E-state index contributed by atoms with van der Waals surface area (Å²) in [4.78, 5) is 41.0. The number of nitrogens with zero attached hydrogens (tertiary/aromatic N) is 1. The second kappa shape index (κ2) is 12.7. The minimum absolute atomic E-state index is 0.0583. The van der Waals surface area contributed by atoms with Crippen molar-refractivity contribution < 1.29 is 28.2 Å². The molecule has 0 amide bonds. The molecule has 0 radical (unpaired) electrons. The van der Waals surface area contributed by atoms with Crippen LogP contribution in [-0.2, 0) is 9.53 Å². The monoisotopic (exact) mass is 613 g/mol. The first-order chi connectivity index (χ1) is 19.2. The van der Waals surface area contributed by atoms with Gasteiger partial charge in [-0.15, -0.1) is 0 Å². The Morgan fingerprint density at radius 1 is 0.975 bits per heavy atom. The predicted molar refractivity (Wildman–Crippen MR) is 157 cm³/mol. The van der Waals surface area contributed by atoms with Gasteiger partial charge < -0.3 is 4.90 Å². The number of rotatable bonds is 12. The first-order valence-corrected chi connectivity index (χ1v) is 15.2. The number of ether oxygens (including phenoxy) is 3. The van der Waals surface area contributed by atoms with Gasteiger partial charge in [-0.05, 0) is 13.8 Å². The molecule has 9 heteroatoms. The van der Waals surface area contributed by atoms with Crippen LogP contribution in [-0.4, -0.2) is 53.6 Å². The molecule has 0 saturated heterocycles. The van der Waals surface area contributed by atoms with E-state index in [1.54, 1.807) is 21.1 Å². The first-order valence-electron chi connectivity index (χ1n) is 13.4. The maximum atomic E-state index is 13.2. The minimum atomic E-state index is -0.693. The number of benzene rings is 2. The number of hydrogen-bond donors (Lipinski definition) is 0. The normalized spacial score (nSPS) is 12.8. The van der Waals surface area contributed by atoms with E-state index in [1.165, 1.54) is 6.07 Å². The molecule has 0 N–H and O–H groups in total. The summed E-state index contributed by atoms with van der Waals surface area (Å²) in [5, 5.41) is 1.64. The van der Waals surface area contributed by atoms with Crippen LogP contribution in [0.4, 0.5) is 5.69 Å². The van der Waals surface area contributed by atoms with Gasteiger partial charge >= 0.3 is 208 Å². The number of Topliss-reactive ketones (excluding diaryl/α,β-unsaturated/α-hetero) is 1. The molecule has 4 aromatic rings. The summed E-state index contributed by atoms with van der Waals surface area (Å²) in [5.74, 6) is 0.107. The quantitative estimate of drug-likeness (QED) is 0.0862. The molecule has 0 saturated carbocycles. The average molecular weight is 613 g/mol. The van der Waals surface area contributed by atoms with Gasteiger partial charge in [0.05, 0.1) is 0 Å². The molecular formula is C31H35NO7Se. The Balaban J connectivity index is 1.52. The average Bonchev–Trinajstić information content (AvgIpc) is 3.38. The third-order valence-electron chi connectivity index (χ3n) is 7.17. The third kappa shape index (κ3) is 6.11. The molecule has 8 nitrogen and oxygen atoms in total. The van der Waals surface area contributed by atoms with Crippen molar-refractivity contribution >= 4 is 52.6 Å². The molecule has 212 valence electrons. The standard InChI is InChI=1S/C31H35NO7Se/c1-7-19(12-24(33)29-14-20-13-26(36-5)27(37-6)17-28(20)40-29)31(35)38-18(4)23-16-30(34)39-25-15-21(10-11-22(23)25)32(8-2)9-3/h10-11,13-19H,7-9,12H2,1-6H3/t18?,19-/m1/s1. The van der Waals surface area contributed by atoms with Crippen molar-refractivity contribution in [2.75, 3.05) is 32.2 Å². The number of carbonyl (C=O) groups is 2. The van der Waals surface area contributed by atoms with E-state index in [0.717, 1.165) is 28.4 Å². The maximum absolute atomic E-state index is 13.2. The van der Waals surface area contributed by atoms with Gasteiger partial charge in [0, 0.05) is 13.1 Å². The van der Waals surface area contributed by atoms with E-state index >= 15 is 0 Å². The molecule has 2 aromatic carbocycles. The summed E-state index contributed by atoms with van der Waals surface area (Å²) in [6.45, 7) is 9.37. The summed E-state index contributed by atoms with van der Waals surface area (Å²) < 4.78 is 23.8. The summed E-state index contributed by atoms with van der Waals surface area (Å²) in [7, 11) is 3.16. The molecule has 0 spiro atoms. The summed E-state index contributed by atoms with van der Waals surface area (Å²) in [6.07, 6.45) is -0.179. The number of ketones is 1. The van der Waals surface area contributed by atoms with Crippen LogP contribution in [0.15, 0.2) is 51.7 Å². The third-order valence-corrected chi connectivity index (χ3v) is 9.56. The zero-order valence-corrected chi connectivity index (χ0v) is 25.5. The molecule has 0 aliphatic rings. The van der Waals surface area contributed by atoms with Crippen molar-refractivity contribution in [1.29, 1.82) is 0 Å². The summed E-state index contributed by atoms with van der Waals surface area (Å²) in [6, 6.07) is 12.7. The Hall–Kier alpha value is -3.55. The van der Waals surface area contributed by atoms with Gasteiger partial charge in [-0.25, -0.2) is 0 Å². The van der Waals surface area contributed by atoms with Crippen molar-refractivity contribution in [3.63, 3.8) is 0 Å². The zero-order chi connectivity index (χ0) is 29.0. The molecular weight excluding hydrogens is 577 g/mol. The molecule has 40 heavy (non-hydrogen) atoms. The molecule has 4 rings (SSSR count). The van der Waals surface area contributed by atoms with Crippen molar-refractivity contribution in [1.82, 2.24) is 0 Å². The first kappa shape index (κ1) is 29.4. The van der Waals surface area contributed by atoms with E-state index in [2.05, 4.69) is 18.7 Å². The molecule has 0 aliphatic heterocycles. The van der Waals surface area contributed by atoms with Gasteiger partial charge in [-0.2, -0.15) is 0 Å². The predicted octanol–water partition coefficient (Wildman–Crippen LogP) is 5.77. The van der Waals surface area contributed by atoms with E-state index in [0.29, 0.717) is 38.9 Å². The second-order valence-electron chi connectivity index (χ2n) is 9.54. The van der Waals surface area contributed by atoms with Gasteiger partial charge in [-0.3, -0.25) is 0 Å². The SMILES string of the molecule is CC[C@H](CC(=O)c1cc2cc(OC)c(OC)cc2[se]1)C(=O)OC(C)c1cc(=O)oc2cc(N(CC)CC)ccc12. The van der Waals surface area contributed by atoms with Crippen molar-refractivity contribution in [2.45, 2.75) is 46.6 Å². The topological polar surface area (TPSA) is 95.3 Å². The van der Waals surface area contributed by atoms with Crippen LogP contribution < -0.4 is 20.0 Å². The van der Waals surface area contributed by atoms with Crippen molar-refractivity contribution in [3.05, 3.63) is 62.9 Å². The van der Waals surface area contributed by atoms with Crippen LogP contribution in [0.1, 0.15) is 61.4 Å². The Bertz CT molecular complexity index is 1540. The Morgan fingerprint density at radius 3 is 2.33 bits per heavy atom. The molecule has 0 bridgehead atoms. The second-order valence-corrected chi connectivity index (χ2v) is 11.8. The molecule has 0 aliphatic carbocycles.